The van der Waals surface area contributed by atoms with Gasteiger partial charge in [0.2, 0.25) is 0 Å². The monoisotopic (exact) mass is 514 g/mol. The third kappa shape index (κ3) is 6.31. The average molecular weight is 515 g/mol. The number of rotatable bonds is 9. The standard InChI is InChI=1S/C26H30N2O7S/c1-5-34-24(30)20(27-25(31)35-26(2,3)4)15-16-23(29)22-17-18-11-9-10-14-21(18)28(22)36(32,33)19-12-7-6-8-13-19/h6-14,17,20H,5,15-16H2,1-4H3,(H,27,31)/t20-/m0/s1. The van der Waals surface area contributed by atoms with Crippen LogP contribution in [0.5, 0.6) is 0 Å². The zero-order chi connectivity index (χ0) is 26.5. The molecule has 1 atom stereocenters. The van der Waals surface area contributed by atoms with Crippen molar-refractivity contribution in [3.05, 3.63) is 66.4 Å². The molecule has 9 nitrogen and oxygen atoms in total. The topological polar surface area (TPSA) is 121 Å². The van der Waals surface area contributed by atoms with Gasteiger partial charge in [-0.3, -0.25) is 4.79 Å². The molecule has 0 aliphatic carbocycles. The van der Waals surface area contributed by atoms with Crippen LogP contribution in [0.4, 0.5) is 4.79 Å². The van der Waals surface area contributed by atoms with Gasteiger partial charge in [0.25, 0.3) is 10.0 Å². The number of aromatic nitrogens is 1. The highest BCUT2D eigenvalue weighted by atomic mass is 32.2. The molecule has 0 unspecified atom stereocenters. The van der Waals surface area contributed by atoms with E-state index >= 15 is 0 Å². The fourth-order valence-corrected chi connectivity index (χ4v) is 5.18. The number of Topliss-reactive ketones (excluding diaryl/α,β-unsaturated/α-hetero) is 1. The number of esters is 1. The van der Waals surface area contributed by atoms with Gasteiger partial charge in [0.1, 0.15) is 17.3 Å². The summed E-state index contributed by atoms with van der Waals surface area (Å²) in [6, 6.07) is 15.0. The first-order valence-corrected chi connectivity index (χ1v) is 13.0. The van der Waals surface area contributed by atoms with E-state index in [-0.39, 0.29) is 30.0 Å². The molecular formula is C26H30N2O7S. The molecule has 0 aliphatic heterocycles. The van der Waals surface area contributed by atoms with Crippen LogP contribution in [-0.2, 0) is 24.3 Å². The number of alkyl carbamates (subject to hydrolysis) is 1. The molecule has 3 rings (SSSR count). The smallest absolute Gasteiger partial charge is 0.408 e. The summed E-state index contributed by atoms with van der Waals surface area (Å²) in [7, 11) is -4.09. The Kier molecular flexibility index (Phi) is 8.19. The number of amides is 1. The third-order valence-corrected chi connectivity index (χ3v) is 6.90. The molecule has 0 saturated heterocycles. The Hall–Kier alpha value is -3.66. The van der Waals surface area contributed by atoms with Crippen molar-refractivity contribution >= 4 is 38.8 Å². The van der Waals surface area contributed by atoms with Crippen LogP contribution in [0.15, 0.2) is 65.6 Å². The number of nitrogens with one attached hydrogen (secondary N) is 1. The summed E-state index contributed by atoms with van der Waals surface area (Å²) in [6.07, 6.45) is -1.15. The Morgan fingerprint density at radius 3 is 2.28 bits per heavy atom. The second kappa shape index (κ2) is 10.9. The van der Waals surface area contributed by atoms with E-state index in [2.05, 4.69) is 5.32 Å². The molecule has 36 heavy (non-hydrogen) atoms. The molecule has 0 aliphatic rings. The quantitative estimate of drug-likeness (QED) is 0.334. The molecule has 192 valence electrons. The summed E-state index contributed by atoms with van der Waals surface area (Å²) >= 11 is 0. The first-order chi connectivity index (χ1) is 16.9. The van der Waals surface area contributed by atoms with Gasteiger partial charge in [0.15, 0.2) is 5.78 Å². The fraction of sp³-hybridized carbons (Fsp3) is 0.346. The Morgan fingerprint density at radius 1 is 1.00 bits per heavy atom. The molecule has 2 aromatic carbocycles. The van der Waals surface area contributed by atoms with Crippen molar-refractivity contribution in [1.29, 1.82) is 0 Å². The van der Waals surface area contributed by atoms with Gasteiger partial charge in [-0.15, -0.1) is 0 Å². The van der Waals surface area contributed by atoms with Crippen LogP contribution in [0, 0.1) is 0 Å². The van der Waals surface area contributed by atoms with Gasteiger partial charge in [-0.1, -0.05) is 36.4 Å². The molecule has 1 N–H and O–H groups in total. The first kappa shape index (κ1) is 26.9. The van der Waals surface area contributed by atoms with Gasteiger partial charge < -0.3 is 14.8 Å². The van der Waals surface area contributed by atoms with Crippen molar-refractivity contribution in [2.45, 2.75) is 57.1 Å². The SMILES string of the molecule is CCOC(=O)[C@H](CCC(=O)c1cc2ccccc2n1S(=O)(=O)c1ccccc1)NC(=O)OC(C)(C)C. The van der Waals surface area contributed by atoms with Crippen LogP contribution in [0.1, 0.15) is 51.0 Å². The Bertz CT molecular complexity index is 1360. The number of hydrogen-bond acceptors (Lipinski definition) is 7. The molecule has 0 fully saturated rings. The minimum absolute atomic E-state index is 0.0383. The number of fused-ring (bicyclic) bond motifs is 1. The van der Waals surface area contributed by atoms with E-state index < -0.39 is 39.5 Å². The molecule has 10 heteroatoms. The zero-order valence-electron chi connectivity index (χ0n) is 20.7. The van der Waals surface area contributed by atoms with Crippen LogP contribution in [0.2, 0.25) is 0 Å². The normalized spacial score (nSPS) is 12.7. The predicted octanol–water partition coefficient (Wildman–Crippen LogP) is 4.30. The van der Waals surface area contributed by atoms with Crippen molar-refractivity contribution in [3.8, 4) is 0 Å². The lowest BCUT2D eigenvalue weighted by molar-refractivity contribution is -0.145. The Balaban J connectivity index is 1.92. The summed E-state index contributed by atoms with van der Waals surface area (Å²) < 4.78 is 38.3. The lowest BCUT2D eigenvalue weighted by atomic mass is 10.1. The number of carbonyl (C=O) groups is 3. The minimum Gasteiger partial charge on any atom is -0.464 e. The van der Waals surface area contributed by atoms with Crippen LogP contribution in [-0.4, -0.2) is 48.5 Å². The fourth-order valence-electron chi connectivity index (χ4n) is 3.63. The lowest BCUT2D eigenvalue weighted by Gasteiger charge is -2.22. The summed E-state index contributed by atoms with van der Waals surface area (Å²) in [6.45, 7) is 6.76. The molecule has 0 radical (unpaired) electrons. The largest absolute Gasteiger partial charge is 0.464 e. The van der Waals surface area contributed by atoms with Crippen LogP contribution >= 0.6 is 0 Å². The molecule has 3 aromatic rings. The average Bonchev–Trinajstić information content (AvgIpc) is 3.21. The highest BCUT2D eigenvalue weighted by Crippen LogP contribution is 2.27. The van der Waals surface area contributed by atoms with Gasteiger partial charge in [0.05, 0.1) is 17.0 Å². The summed E-state index contributed by atoms with van der Waals surface area (Å²) in [4.78, 5) is 38.1. The number of benzene rings is 2. The van der Waals surface area contributed by atoms with Crippen molar-refractivity contribution < 1.29 is 32.3 Å². The summed E-state index contributed by atoms with van der Waals surface area (Å²) in [5, 5.41) is 3.03. The minimum atomic E-state index is -4.09. The van der Waals surface area contributed by atoms with Gasteiger partial charge >= 0.3 is 12.1 Å². The Morgan fingerprint density at radius 2 is 1.64 bits per heavy atom. The predicted molar refractivity (Wildman–Crippen MR) is 134 cm³/mol. The molecule has 0 saturated carbocycles. The van der Waals surface area contributed by atoms with E-state index in [4.69, 9.17) is 9.47 Å². The maximum Gasteiger partial charge on any atom is 0.408 e. The van der Waals surface area contributed by atoms with Crippen molar-refractivity contribution in [3.63, 3.8) is 0 Å². The number of ketones is 1. The maximum absolute atomic E-state index is 13.5. The molecule has 1 heterocycles. The lowest BCUT2D eigenvalue weighted by Crippen LogP contribution is -2.44. The van der Waals surface area contributed by atoms with E-state index in [0.717, 1.165) is 3.97 Å². The zero-order valence-corrected chi connectivity index (χ0v) is 21.5. The molecule has 1 amide bonds. The van der Waals surface area contributed by atoms with Crippen molar-refractivity contribution in [2.24, 2.45) is 0 Å². The van der Waals surface area contributed by atoms with Crippen LogP contribution in [0.25, 0.3) is 10.9 Å². The number of para-hydroxylation sites is 1. The van der Waals surface area contributed by atoms with E-state index in [1.807, 2.05) is 0 Å². The molecular weight excluding hydrogens is 484 g/mol. The van der Waals surface area contributed by atoms with Gasteiger partial charge in [-0.2, -0.15) is 0 Å². The molecule has 1 aromatic heterocycles. The number of nitrogens with zero attached hydrogens (tertiary/aromatic N) is 1. The van der Waals surface area contributed by atoms with E-state index in [9.17, 15) is 22.8 Å². The van der Waals surface area contributed by atoms with E-state index in [0.29, 0.717) is 10.9 Å². The highest BCUT2D eigenvalue weighted by molar-refractivity contribution is 7.90. The van der Waals surface area contributed by atoms with Crippen molar-refractivity contribution in [1.82, 2.24) is 9.29 Å². The second-order valence-corrected chi connectivity index (χ2v) is 10.9. The van der Waals surface area contributed by atoms with E-state index in [1.165, 1.54) is 18.2 Å². The Labute approximate surface area is 210 Å². The van der Waals surface area contributed by atoms with Crippen LogP contribution in [0.3, 0.4) is 0 Å². The first-order valence-electron chi connectivity index (χ1n) is 11.5. The third-order valence-electron chi connectivity index (χ3n) is 5.16. The number of ether oxygens (including phenoxy) is 2. The van der Waals surface area contributed by atoms with Crippen molar-refractivity contribution in [2.75, 3.05) is 6.61 Å². The number of hydrogen-bond donors (Lipinski definition) is 1. The van der Waals surface area contributed by atoms with Gasteiger partial charge in [-0.05, 0) is 58.4 Å². The van der Waals surface area contributed by atoms with Crippen LogP contribution < -0.4 is 5.32 Å². The van der Waals surface area contributed by atoms with Gasteiger partial charge in [0, 0.05) is 11.8 Å². The van der Waals surface area contributed by atoms with E-state index in [1.54, 1.807) is 70.2 Å². The molecule has 0 bridgehead atoms. The highest BCUT2D eigenvalue weighted by Gasteiger charge is 2.29. The maximum atomic E-state index is 13.5. The summed E-state index contributed by atoms with van der Waals surface area (Å²) in [5.74, 6) is -1.22. The summed E-state index contributed by atoms with van der Waals surface area (Å²) in [5.41, 5.74) is -0.468. The van der Waals surface area contributed by atoms with Gasteiger partial charge in [-0.25, -0.2) is 22.0 Å². The molecule has 0 spiro atoms. The number of carbonyl (C=O) groups excluding carboxylic acids is 3. The second-order valence-electron chi connectivity index (χ2n) is 9.08.